The van der Waals surface area contributed by atoms with E-state index < -0.39 is 12.1 Å². The van der Waals surface area contributed by atoms with Gasteiger partial charge >= 0.3 is 0 Å². The van der Waals surface area contributed by atoms with Crippen LogP contribution in [0.25, 0.3) is 0 Å². The summed E-state index contributed by atoms with van der Waals surface area (Å²) in [5.41, 5.74) is 0.190. The van der Waals surface area contributed by atoms with Crippen LogP contribution in [0.3, 0.4) is 0 Å². The third-order valence-electron chi connectivity index (χ3n) is 1.63. The number of hydrogen-bond acceptors (Lipinski definition) is 2. The maximum Gasteiger partial charge on any atom is 0.284 e. The first-order valence-electron chi connectivity index (χ1n) is 3.67. The molecule has 0 N–H and O–H groups in total. The highest BCUT2D eigenvalue weighted by atomic mass is 79.9. The van der Waals surface area contributed by atoms with Crippen molar-refractivity contribution in [1.29, 1.82) is 0 Å². The number of rotatable bonds is 3. The fraction of sp³-hybridized carbons (Fsp3) is 0.375. The van der Waals surface area contributed by atoms with Gasteiger partial charge in [-0.25, -0.2) is 8.78 Å². The zero-order valence-electron chi connectivity index (χ0n) is 7.23. The summed E-state index contributed by atoms with van der Waals surface area (Å²) in [5.74, 6) is -0.0568. The number of methoxy groups -OCH3 is 1. The molecule has 0 aromatic carbocycles. The molecule has 0 saturated carbocycles. The molecule has 78 valence electrons. The van der Waals surface area contributed by atoms with Crippen LogP contribution in [0.1, 0.15) is 17.7 Å². The molecule has 0 fully saturated rings. The van der Waals surface area contributed by atoms with Crippen LogP contribution in [0.4, 0.5) is 8.78 Å². The lowest BCUT2D eigenvalue weighted by molar-refractivity contribution is 0.141. The molecule has 0 bridgehead atoms. The molecule has 0 amide bonds. The fourth-order valence-corrected chi connectivity index (χ4v) is 1.84. The second kappa shape index (κ2) is 4.89. The van der Waals surface area contributed by atoms with Crippen molar-refractivity contribution in [1.82, 2.24) is 4.98 Å². The van der Waals surface area contributed by atoms with Gasteiger partial charge in [0.25, 0.3) is 6.43 Å². The summed E-state index contributed by atoms with van der Waals surface area (Å²) in [6, 6.07) is 0. The van der Waals surface area contributed by atoms with Crippen LogP contribution in [0.5, 0.6) is 5.75 Å². The second-order valence-electron chi connectivity index (χ2n) is 2.45. The second-order valence-corrected chi connectivity index (χ2v) is 3.39. The van der Waals surface area contributed by atoms with Gasteiger partial charge in [-0.15, -0.1) is 0 Å². The molecule has 0 radical (unpaired) electrons. The average molecular weight is 287 g/mol. The van der Waals surface area contributed by atoms with Gasteiger partial charge in [0.05, 0.1) is 12.1 Å². The number of nitrogens with zero attached hydrogens (tertiary/aromatic N) is 1. The van der Waals surface area contributed by atoms with Crippen LogP contribution < -0.4 is 4.74 Å². The molecule has 0 atom stereocenters. The summed E-state index contributed by atoms with van der Waals surface area (Å²) in [6.45, 7) is 0. The van der Waals surface area contributed by atoms with E-state index in [2.05, 4.69) is 20.9 Å². The zero-order chi connectivity index (χ0) is 10.7. The Kier molecular flexibility index (Phi) is 4.07. The van der Waals surface area contributed by atoms with Crippen LogP contribution in [0.15, 0.2) is 6.20 Å². The molecule has 6 heteroatoms. The molecule has 1 aromatic rings. The maximum atomic E-state index is 12.4. The number of ether oxygens (including phenoxy) is 1. The number of hydrogen-bond donors (Lipinski definition) is 0. The van der Waals surface area contributed by atoms with Crippen LogP contribution >= 0.6 is 27.5 Å². The molecule has 0 aliphatic heterocycles. The Morgan fingerprint density at radius 2 is 2.29 bits per heavy atom. The Balaban J connectivity index is 3.28. The van der Waals surface area contributed by atoms with Gasteiger partial charge in [0.15, 0.2) is 5.75 Å². The molecule has 14 heavy (non-hydrogen) atoms. The van der Waals surface area contributed by atoms with Gasteiger partial charge in [0, 0.05) is 17.1 Å². The van der Waals surface area contributed by atoms with Gasteiger partial charge in [-0.2, -0.15) is 0 Å². The predicted octanol–water partition coefficient (Wildman–Crippen LogP) is 3.58. The SMILES string of the molecule is COc1c(C(F)F)ncc(CBr)c1Cl. The molecule has 2 nitrogen and oxygen atoms in total. The van der Waals surface area contributed by atoms with Crippen molar-refractivity contribution in [2.24, 2.45) is 0 Å². The van der Waals surface area contributed by atoms with Gasteiger partial charge < -0.3 is 4.74 Å². The van der Waals surface area contributed by atoms with Crippen LogP contribution in [-0.4, -0.2) is 12.1 Å². The minimum absolute atomic E-state index is 0.0568. The van der Waals surface area contributed by atoms with Gasteiger partial charge in [-0.1, -0.05) is 27.5 Å². The topological polar surface area (TPSA) is 22.1 Å². The van der Waals surface area contributed by atoms with Crippen LogP contribution in [0, 0.1) is 0 Å². The summed E-state index contributed by atoms with van der Waals surface area (Å²) >= 11 is 9.00. The molecule has 0 unspecified atom stereocenters. The van der Waals surface area contributed by atoms with E-state index in [1.807, 2.05) is 0 Å². The smallest absolute Gasteiger partial charge is 0.284 e. The first-order chi connectivity index (χ1) is 6.61. The van der Waals surface area contributed by atoms with Crippen molar-refractivity contribution >= 4 is 27.5 Å². The summed E-state index contributed by atoms with van der Waals surface area (Å²) in [7, 11) is 1.28. The summed E-state index contributed by atoms with van der Waals surface area (Å²) in [6.07, 6.45) is -1.38. The van der Waals surface area contributed by atoms with Crippen molar-refractivity contribution < 1.29 is 13.5 Å². The van der Waals surface area contributed by atoms with E-state index in [0.717, 1.165) is 0 Å². The van der Waals surface area contributed by atoms with Crippen molar-refractivity contribution in [3.05, 3.63) is 22.5 Å². The number of halogens is 4. The first-order valence-corrected chi connectivity index (χ1v) is 5.17. The first kappa shape index (κ1) is 11.7. The van der Waals surface area contributed by atoms with Crippen molar-refractivity contribution in [3.8, 4) is 5.75 Å². The minimum Gasteiger partial charge on any atom is -0.493 e. The predicted molar refractivity (Wildman–Crippen MR) is 53.4 cm³/mol. The number of pyridine rings is 1. The van der Waals surface area contributed by atoms with E-state index in [1.165, 1.54) is 13.3 Å². The van der Waals surface area contributed by atoms with Crippen LogP contribution in [-0.2, 0) is 5.33 Å². The third kappa shape index (κ3) is 2.15. The molecule has 1 heterocycles. The van der Waals surface area contributed by atoms with E-state index in [-0.39, 0.29) is 10.8 Å². The Labute approximate surface area is 93.4 Å². The van der Waals surface area contributed by atoms with Crippen molar-refractivity contribution in [3.63, 3.8) is 0 Å². The lowest BCUT2D eigenvalue weighted by Gasteiger charge is -2.10. The highest BCUT2D eigenvalue weighted by Gasteiger charge is 2.20. The van der Waals surface area contributed by atoms with Crippen LogP contribution in [0.2, 0.25) is 5.02 Å². The molecule has 0 spiro atoms. The molecule has 0 aliphatic rings. The molecular formula is C8H7BrClF2NO. The lowest BCUT2D eigenvalue weighted by atomic mass is 10.2. The van der Waals surface area contributed by atoms with Gasteiger partial charge in [-0.05, 0) is 0 Å². The Morgan fingerprint density at radius 1 is 1.64 bits per heavy atom. The normalized spacial score (nSPS) is 10.7. The monoisotopic (exact) mass is 285 g/mol. The van der Waals surface area contributed by atoms with Gasteiger partial charge in [-0.3, -0.25) is 4.98 Å². The summed E-state index contributed by atoms with van der Waals surface area (Å²) in [4.78, 5) is 3.59. The minimum atomic E-state index is -2.69. The molecule has 1 rings (SSSR count). The quantitative estimate of drug-likeness (QED) is 0.792. The van der Waals surface area contributed by atoms with Gasteiger partial charge in [0.1, 0.15) is 5.69 Å². The van der Waals surface area contributed by atoms with E-state index in [9.17, 15) is 8.78 Å². The van der Waals surface area contributed by atoms with E-state index in [0.29, 0.717) is 10.9 Å². The fourth-order valence-electron chi connectivity index (χ4n) is 0.964. The lowest BCUT2D eigenvalue weighted by Crippen LogP contribution is -1.99. The Morgan fingerprint density at radius 3 is 2.71 bits per heavy atom. The number of alkyl halides is 3. The molecular weight excluding hydrogens is 279 g/mol. The largest absolute Gasteiger partial charge is 0.493 e. The average Bonchev–Trinajstić information content (AvgIpc) is 2.17. The Hall–Kier alpha value is -0.420. The summed E-state index contributed by atoms with van der Waals surface area (Å²) in [5, 5.41) is 0.619. The summed E-state index contributed by atoms with van der Waals surface area (Å²) < 4.78 is 29.6. The standard InChI is InChI=1S/C8H7BrClF2NO/c1-14-7-5(10)4(2-9)3-13-6(7)8(11)12/h3,8H,2H2,1H3. The van der Waals surface area contributed by atoms with E-state index in [1.54, 1.807) is 0 Å². The van der Waals surface area contributed by atoms with Gasteiger partial charge in [0.2, 0.25) is 0 Å². The molecule has 0 aliphatic carbocycles. The van der Waals surface area contributed by atoms with Crippen molar-refractivity contribution in [2.75, 3.05) is 7.11 Å². The highest BCUT2D eigenvalue weighted by molar-refractivity contribution is 9.08. The van der Waals surface area contributed by atoms with E-state index in [4.69, 9.17) is 16.3 Å². The molecule has 1 aromatic heterocycles. The Bertz CT molecular complexity index is 335. The zero-order valence-corrected chi connectivity index (χ0v) is 9.57. The molecule has 0 saturated heterocycles. The number of aromatic nitrogens is 1. The van der Waals surface area contributed by atoms with Crippen molar-refractivity contribution in [2.45, 2.75) is 11.8 Å². The highest BCUT2D eigenvalue weighted by Crippen LogP contribution is 2.36. The maximum absolute atomic E-state index is 12.4. The third-order valence-corrected chi connectivity index (χ3v) is 2.65. The van der Waals surface area contributed by atoms with E-state index >= 15 is 0 Å².